The highest BCUT2D eigenvalue weighted by molar-refractivity contribution is 5.08. The van der Waals surface area contributed by atoms with Gasteiger partial charge in [-0.1, -0.05) is 83.7 Å². The lowest BCUT2D eigenvalue weighted by molar-refractivity contribution is 0.659. The molecule has 188 valence electrons. The van der Waals surface area contributed by atoms with Gasteiger partial charge in [0.25, 0.3) is 0 Å². The van der Waals surface area contributed by atoms with Crippen LogP contribution in [0.15, 0.2) is 69.9 Å². The van der Waals surface area contributed by atoms with Gasteiger partial charge in [0.2, 0.25) is 0 Å². The normalized spacial score (nSPS) is 14.3. The van der Waals surface area contributed by atoms with Gasteiger partial charge in [-0.15, -0.1) is 0 Å². The second-order valence-electron chi connectivity index (χ2n) is 10.9. The smallest absolute Gasteiger partial charge is 0.0288 e. The summed E-state index contributed by atoms with van der Waals surface area (Å²) in [5.74, 6) is 0.765. The Balaban J connectivity index is 4.12. The summed E-state index contributed by atoms with van der Waals surface area (Å²) in [5.41, 5.74) is 9.10. The van der Waals surface area contributed by atoms with E-state index in [-0.39, 0.29) is 0 Å². The van der Waals surface area contributed by atoms with E-state index in [1.165, 1.54) is 104 Å². The molecule has 0 aromatic heterocycles. The first-order chi connectivity index (χ1) is 15.6. The molecule has 0 saturated heterocycles. The quantitative estimate of drug-likeness (QED) is 0.192. The van der Waals surface area contributed by atoms with E-state index in [0.717, 1.165) is 5.92 Å². The lowest BCUT2D eigenvalue weighted by Gasteiger charge is -2.04. The maximum absolute atomic E-state index is 2.45. The first-order valence-electron chi connectivity index (χ1n) is 13.5. The minimum absolute atomic E-state index is 0.765. The molecule has 0 aliphatic carbocycles. The molecule has 0 radical (unpaired) electrons. The maximum Gasteiger partial charge on any atom is -0.0288 e. The van der Waals surface area contributed by atoms with Crippen LogP contribution < -0.4 is 0 Å². The van der Waals surface area contributed by atoms with E-state index >= 15 is 0 Å². The zero-order valence-electron chi connectivity index (χ0n) is 23.8. The minimum atomic E-state index is 0.765. The van der Waals surface area contributed by atoms with E-state index in [2.05, 4.69) is 98.8 Å². The average molecular weight is 453 g/mol. The van der Waals surface area contributed by atoms with Gasteiger partial charge >= 0.3 is 0 Å². The van der Waals surface area contributed by atoms with Crippen LogP contribution >= 0.6 is 0 Å². The predicted molar refractivity (Wildman–Crippen MR) is 154 cm³/mol. The third-order valence-corrected chi connectivity index (χ3v) is 6.15. The summed E-state index contributed by atoms with van der Waals surface area (Å²) in [4.78, 5) is 0. The van der Waals surface area contributed by atoms with Crippen molar-refractivity contribution in [2.45, 2.75) is 133 Å². The predicted octanol–water partition coefficient (Wildman–Crippen LogP) is 11.6. The van der Waals surface area contributed by atoms with Gasteiger partial charge in [0, 0.05) is 0 Å². The SMILES string of the molecule is CC(C)=CCC/C(C)=C\CC/C(C)=C\CC/C(C)=C\CC/C(C)=C\CC/C(C)=C/CC(C)C. The van der Waals surface area contributed by atoms with Crippen molar-refractivity contribution in [1.82, 2.24) is 0 Å². The monoisotopic (exact) mass is 452 g/mol. The molecule has 0 aromatic rings. The second-order valence-corrected chi connectivity index (χ2v) is 10.9. The fourth-order valence-electron chi connectivity index (χ4n) is 3.72. The molecular formula is C33H56. The minimum Gasteiger partial charge on any atom is -0.0856 e. The van der Waals surface area contributed by atoms with Gasteiger partial charge in [0.1, 0.15) is 0 Å². The molecule has 0 saturated carbocycles. The molecule has 33 heavy (non-hydrogen) atoms. The first-order valence-corrected chi connectivity index (χ1v) is 13.5. The second kappa shape index (κ2) is 19.9. The number of rotatable bonds is 17. The Kier molecular flexibility index (Phi) is 18.9. The Hall–Kier alpha value is -1.56. The number of allylic oxidation sites excluding steroid dienone is 12. The molecule has 0 heteroatoms. The highest BCUT2D eigenvalue weighted by atomic mass is 14.0. The van der Waals surface area contributed by atoms with Crippen molar-refractivity contribution in [3.63, 3.8) is 0 Å². The fourth-order valence-corrected chi connectivity index (χ4v) is 3.72. The van der Waals surface area contributed by atoms with Crippen LogP contribution in [0.25, 0.3) is 0 Å². The summed E-state index contributed by atoms with van der Waals surface area (Å²) >= 11 is 0. The fraction of sp³-hybridized carbons (Fsp3) is 0.636. The van der Waals surface area contributed by atoms with Gasteiger partial charge in [-0.2, -0.15) is 0 Å². The molecule has 0 spiro atoms. The van der Waals surface area contributed by atoms with Gasteiger partial charge in [-0.05, 0) is 125 Å². The van der Waals surface area contributed by atoms with Crippen LogP contribution in [0.4, 0.5) is 0 Å². The molecule has 0 N–H and O–H groups in total. The molecule has 0 rings (SSSR count). The zero-order valence-corrected chi connectivity index (χ0v) is 23.8. The third kappa shape index (κ3) is 22.0. The lowest BCUT2D eigenvalue weighted by atomic mass is 10.0. The molecule has 0 heterocycles. The van der Waals surface area contributed by atoms with E-state index in [4.69, 9.17) is 0 Å². The van der Waals surface area contributed by atoms with Crippen LogP contribution in [-0.2, 0) is 0 Å². The third-order valence-electron chi connectivity index (χ3n) is 6.15. The van der Waals surface area contributed by atoms with Gasteiger partial charge in [0.05, 0.1) is 0 Å². The van der Waals surface area contributed by atoms with Crippen molar-refractivity contribution in [2.75, 3.05) is 0 Å². The van der Waals surface area contributed by atoms with E-state index in [9.17, 15) is 0 Å². The summed E-state index contributed by atoms with van der Waals surface area (Å²) < 4.78 is 0. The van der Waals surface area contributed by atoms with Crippen LogP contribution in [0.3, 0.4) is 0 Å². The first kappa shape index (κ1) is 31.4. The Bertz CT molecular complexity index is 696. The van der Waals surface area contributed by atoms with Crippen LogP contribution in [0.1, 0.15) is 133 Å². The number of hydrogen-bond acceptors (Lipinski definition) is 0. The van der Waals surface area contributed by atoms with Crippen LogP contribution in [0.5, 0.6) is 0 Å². The van der Waals surface area contributed by atoms with Crippen LogP contribution in [0.2, 0.25) is 0 Å². The largest absolute Gasteiger partial charge is 0.0856 e. The molecule has 0 aromatic carbocycles. The molecule has 0 aliphatic heterocycles. The molecule has 0 unspecified atom stereocenters. The van der Waals surface area contributed by atoms with Crippen molar-refractivity contribution in [2.24, 2.45) is 5.92 Å². The van der Waals surface area contributed by atoms with Gasteiger partial charge in [-0.3, -0.25) is 0 Å². The van der Waals surface area contributed by atoms with Gasteiger partial charge in [0.15, 0.2) is 0 Å². The molecular weight excluding hydrogens is 396 g/mol. The van der Waals surface area contributed by atoms with Crippen molar-refractivity contribution in [1.29, 1.82) is 0 Å². The van der Waals surface area contributed by atoms with E-state index in [1.807, 2.05) is 0 Å². The summed E-state index contributed by atoms with van der Waals surface area (Å²) in [7, 11) is 0. The average Bonchev–Trinajstić information content (AvgIpc) is 2.72. The van der Waals surface area contributed by atoms with E-state index in [0.29, 0.717) is 0 Å². The molecule has 0 nitrogen and oxygen atoms in total. The topological polar surface area (TPSA) is 0 Å². The lowest BCUT2D eigenvalue weighted by Crippen LogP contribution is -1.85. The van der Waals surface area contributed by atoms with E-state index in [1.54, 1.807) is 0 Å². The number of hydrogen-bond donors (Lipinski definition) is 0. The van der Waals surface area contributed by atoms with Crippen LogP contribution in [0, 0.1) is 5.92 Å². The highest BCUT2D eigenvalue weighted by Gasteiger charge is 1.96. The molecule has 0 aliphatic rings. The molecule has 0 atom stereocenters. The highest BCUT2D eigenvalue weighted by Crippen LogP contribution is 2.16. The molecule has 0 bridgehead atoms. The zero-order chi connectivity index (χ0) is 25.1. The van der Waals surface area contributed by atoms with Crippen molar-refractivity contribution < 1.29 is 0 Å². The molecule has 0 fully saturated rings. The Morgan fingerprint density at radius 1 is 0.424 bits per heavy atom. The van der Waals surface area contributed by atoms with E-state index < -0.39 is 0 Å². The van der Waals surface area contributed by atoms with Crippen molar-refractivity contribution in [3.05, 3.63) is 69.9 Å². The van der Waals surface area contributed by atoms with Crippen LogP contribution in [-0.4, -0.2) is 0 Å². The van der Waals surface area contributed by atoms with Crippen molar-refractivity contribution >= 4 is 0 Å². The Morgan fingerprint density at radius 3 is 0.970 bits per heavy atom. The summed E-state index contributed by atoms with van der Waals surface area (Å²) in [6.07, 6.45) is 27.6. The summed E-state index contributed by atoms with van der Waals surface area (Å²) in [6.45, 7) is 20.4. The van der Waals surface area contributed by atoms with Gasteiger partial charge < -0.3 is 0 Å². The standard InChI is InChI=1S/C33H56/c1-27(2)15-10-16-29(5)17-11-18-30(6)19-12-20-31(7)21-13-22-32(8)23-14-24-33(9)26-25-28(3)4/h15,17,19,21,23,26,28H,10-14,16,18,20,22,24-25H2,1-9H3/b29-17-,30-19-,31-21-,32-23-,33-26+. The maximum atomic E-state index is 2.45. The Labute approximate surface area is 208 Å². The summed E-state index contributed by atoms with van der Waals surface area (Å²) in [6, 6.07) is 0. The van der Waals surface area contributed by atoms with Gasteiger partial charge in [-0.25, -0.2) is 0 Å². The molecule has 0 amide bonds. The van der Waals surface area contributed by atoms with Crippen molar-refractivity contribution in [3.8, 4) is 0 Å². The summed E-state index contributed by atoms with van der Waals surface area (Å²) in [5, 5.41) is 0. The Morgan fingerprint density at radius 2 is 0.697 bits per heavy atom.